The maximum atomic E-state index is 12.0. The van der Waals surface area contributed by atoms with Crippen molar-refractivity contribution in [1.29, 1.82) is 0 Å². The van der Waals surface area contributed by atoms with E-state index in [1.807, 2.05) is 20.8 Å². The molecule has 0 saturated carbocycles. The molecular formula is C17H24BrN3O3. The zero-order valence-corrected chi connectivity index (χ0v) is 16.1. The molecule has 7 heteroatoms. The number of halogens is 1. The number of nitrogens with one attached hydrogen (secondary N) is 2. The first kappa shape index (κ1) is 20.2. The Morgan fingerprint density at radius 3 is 2.25 bits per heavy atom. The van der Waals surface area contributed by atoms with E-state index < -0.39 is 0 Å². The number of hydrogen-bond donors (Lipinski definition) is 2. The Kier molecular flexibility index (Phi) is 7.41. The van der Waals surface area contributed by atoms with Gasteiger partial charge in [-0.15, -0.1) is 0 Å². The van der Waals surface area contributed by atoms with Crippen molar-refractivity contribution in [1.82, 2.24) is 15.5 Å². The Bertz CT molecular complexity index is 594. The summed E-state index contributed by atoms with van der Waals surface area (Å²) in [4.78, 5) is 37.1. The third-order valence-electron chi connectivity index (χ3n) is 3.05. The van der Waals surface area contributed by atoms with Crippen LogP contribution in [-0.2, 0) is 9.59 Å². The standard InChI is InChI=1S/C17H24BrN3O3/c1-17(2,3)20-14(22)11-21(4)15(23)9-10-19-16(24)12-5-7-13(18)8-6-12/h5-8H,9-11H2,1-4H3,(H,19,24)(H,20,22). The number of hydrogen-bond acceptors (Lipinski definition) is 3. The Morgan fingerprint density at radius 2 is 1.71 bits per heavy atom. The highest BCUT2D eigenvalue weighted by Crippen LogP contribution is 2.10. The van der Waals surface area contributed by atoms with Crippen LogP contribution in [0.5, 0.6) is 0 Å². The normalized spacial score (nSPS) is 10.9. The second kappa shape index (κ2) is 8.82. The van der Waals surface area contributed by atoms with Gasteiger partial charge in [-0.25, -0.2) is 0 Å². The van der Waals surface area contributed by atoms with E-state index in [-0.39, 0.29) is 42.8 Å². The maximum Gasteiger partial charge on any atom is 0.251 e. The van der Waals surface area contributed by atoms with E-state index in [0.717, 1.165) is 4.47 Å². The fourth-order valence-corrected chi connectivity index (χ4v) is 2.20. The van der Waals surface area contributed by atoms with Gasteiger partial charge in [0.25, 0.3) is 5.91 Å². The first-order valence-corrected chi connectivity index (χ1v) is 8.46. The molecule has 1 aromatic rings. The number of rotatable bonds is 6. The molecule has 0 aliphatic heterocycles. The molecule has 0 saturated heterocycles. The minimum absolute atomic E-state index is 0.00321. The molecule has 1 rings (SSSR count). The molecule has 0 heterocycles. The van der Waals surface area contributed by atoms with E-state index in [2.05, 4.69) is 26.6 Å². The van der Waals surface area contributed by atoms with Crippen molar-refractivity contribution in [2.75, 3.05) is 20.1 Å². The summed E-state index contributed by atoms with van der Waals surface area (Å²) in [7, 11) is 1.57. The van der Waals surface area contributed by atoms with Crippen molar-refractivity contribution in [2.45, 2.75) is 32.7 Å². The average molecular weight is 398 g/mol. The Labute approximate surface area is 151 Å². The van der Waals surface area contributed by atoms with Crippen LogP contribution in [0.4, 0.5) is 0 Å². The van der Waals surface area contributed by atoms with Gasteiger partial charge in [0, 0.05) is 35.6 Å². The van der Waals surface area contributed by atoms with Crippen molar-refractivity contribution in [3.8, 4) is 0 Å². The second-order valence-electron chi connectivity index (χ2n) is 6.56. The van der Waals surface area contributed by atoms with Crippen LogP contribution in [0.25, 0.3) is 0 Å². The molecule has 0 bridgehead atoms. The number of likely N-dealkylation sites (N-methyl/N-ethyl adjacent to an activating group) is 1. The Morgan fingerprint density at radius 1 is 1.12 bits per heavy atom. The lowest BCUT2D eigenvalue weighted by Gasteiger charge is -2.23. The topological polar surface area (TPSA) is 78.5 Å². The van der Waals surface area contributed by atoms with E-state index in [1.165, 1.54) is 4.90 Å². The van der Waals surface area contributed by atoms with Crippen molar-refractivity contribution in [3.05, 3.63) is 34.3 Å². The number of benzene rings is 1. The van der Waals surface area contributed by atoms with Gasteiger partial charge in [-0.2, -0.15) is 0 Å². The monoisotopic (exact) mass is 397 g/mol. The van der Waals surface area contributed by atoms with Gasteiger partial charge in [-0.3, -0.25) is 14.4 Å². The van der Waals surface area contributed by atoms with Crippen LogP contribution in [0, 0.1) is 0 Å². The number of carbonyl (C=O) groups excluding carboxylic acids is 3. The summed E-state index contributed by atoms with van der Waals surface area (Å²) >= 11 is 3.31. The van der Waals surface area contributed by atoms with Crippen LogP contribution < -0.4 is 10.6 Å². The maximum absolute atomic E-state index is 12.0. The molecule has 0 fully saturated rings. The lowest BCUT2D eigenvalue weighted by Crippen LogP contribution is -2.46. The summed E-state index contributed by atoms with van der Waals surface area (Å²) in [5, 5.41) is 5.49. The van der Waals surface area contributed by atoms with Crippen molar-refractivity contribution >= 4 is 33.7 Å². The summed E-state index contributed by atoms with van der Waals surface area (Å²) < 4.78 is 0.893. The minimum atomic E-state index is -0.334. The van der Waals surface area contributed by atoms with E-state index in [9.17, 15) is 14.4 Å². The molecule has 6 nitrogen and oxygen atoms in total. The van der Waals surface area contributed by atoms with E-state index in [0.29, 0.717) is 5.56 Å². The van der Waals surface area contributed by atoms with Crippen molar-refractivity contribution in [3.63, 3.8) is 0 Å². The molecule has 132 valence electrons. The smallest absolute Gasteiger partial charge is 0.251 e. The Balaban J connectivity index is 2.36. The molecule has 24 heavy (non-hydrogen) atoms. The summed E-state index contributed by atoms with van der Waals surface area (Å²) in [6, 6.07) is 6.96. The van der Waals surface area contributed by atoms with Crippen LogP contribution in [0.3, 0.4) is 0 Å². The van der Waals surface area contributed by atoms with Crippen LogP contribution in [0.1, 0.15) is 37.6 Å². The predicted molar refractivity (Wildman–Crippen MR) is 96.6 cm³/mol. The van der Waals surface area contributed by atoms with E-state index in [4.69, 9.17) is 0 Å². The van der Waals surface area contributed by atoms with Crippen LogP contribution >= 0.6 is 15.9 Å². The summed E-state index contributed by atoms with van der Waals surface area (Å²) in [5.74, 6) is -0.643. The molecular weight excluding hydrogens is 374 g/mol. The van der Waals surface area contributed by atoms with Gasteiger partial charge in [0.2, 0.25) is 11.8 Å². The van der Waals surface area contributed by atoms with Crippen LogP contribution in [0.2, 0.25) is 0 Å². The third-order valence-corrected chi connectivity index (χ3v) is 3.58. The highest BCUT2D eigenvalue weighted by Gasteiger charge is 2.17. The molecule has 0 aromatic heterocycles. The fraction of sp³-hybridized carbons (Fsp3) is 0.471. The fourth-order valence-electron chi connectivity index (χ4n) is 1.94. The molecule has 3 amide bonds. The highest BCUT2D eigenvalue weighted by molar-refractivity contribution is 9.10. The third kappa shape index (κ3) is 7.59. The molecule has 1 aromatic carbocycles. The van der Waals surface area contributed by atoms with Gasteiger partial charge in [-0.05, 0) is 45.0 Å². The van der Waals surface area contributed by atoms with Gasteiger partial charge < -0.3 is 15.5 Å². The molecule has 0 spiro atoms. The van der Waals surface area contributed by atoms with Crippen molar-refractivity contribution < 1.29 is 14.4 Å². The van der Waals surface area contributed by atoms with E-state index in [1.54, 1.807) is 31.3 Å². The first-order valence-electron chi connectivity index (χ1n) is 7.67. The van der Waals surface area contributed by atoms with Crippen LogP contribution in [-0.4, -0.2) is 48.3 Å². The minimum Gasteiger partial charge on any atom is -0.352 e. The summed E-state index contributed by atoms with van der Waals surface area (Å²) in [5.41, 5.74) is 0.197. The van der Waals surface area contributed by atoms with Gasteiger partial charge in [0.05, 0.1) is 6.54 Å². The Hall–Kier alpha value is -1.89. The first-order chi connectivity index (χ1) is 11.1. The summed E-state index contributed by atoms with van der Waals surface area (Å²) in [6.45, 7) is 5.86. The average Bonchev–Trinajstić information content (AvgIpc) is 2.45. The molecule has 0 aliphatic carbocycles. The molecule has 0 aliphatic rings. The lowest BCUT2D eigenvalue weighted by atomic mass is 10.1. The molecule has 0 unspecified atom stereocenters. The predicted octanol–water partition coefficient (Wildman–Crippen LogP) is 1.94. The lowest BCUT2D eigenvalue weighted by molar-refractivity contribution is -0.135. The van der Waals surface area contributed by atoms with Gasteiger partial charge in [0.15, 0.2) is 0 Å². The molecule has 0 radical (unpaired) electrons. The summed E-state index contributed by atoms with van der Waals surface area (Å²) in [6.07, 6.45) is 0.140. The molecule has 2 N–H and O–H groups in total. The molecule has 0 atom stereocenters. The number of nitrogens with zero attached hydrogens (tertiary/aromatic N) is 1. The number of amides is 3. The van der Waals surface area contributed by atoms with Gasteiger partial charge in [0.1, 0.15) is 0 Å². The SMILES string of the molecule is CN(CC(=O)NC(C)(C)C)C(=O)CCNC(=O)c1ccc(Br)cc1. The van der Waals surface area contributed by atoms with Crippen LogP contribution in [0.15, 0.2) is 28.7 Å². The van der Waals surface area contributed by atoms with Crippen molar-refractivity contribution in [2.24, 2.45) is 0 Å². The zero-order chi connectivity index (χ0) is 18.3. The van der Waals surface area contributed by atoms with Gasteiger partial charge in [-0.1, -0.05) is 15.9 Å². The second-order valence-corrected chi connectivity index (χ2v) is 7.48. The van der Waals surface area contributed by atoms with E-state index >= 15 is 0 Å². The largest absolute Gasteiger partial charge is 0.352 e. The highest BCUT2D eigenvalue weighted by atomic mass is 79.9. The number of carbonyl (C=O) groups is 3. The van der Waals surface area contributed by atoms with Gasteiger partial charge >= 0.3 is 0 Å². The quantitative estimate of drug-likeness (QED) is 0.769. The zero-order valence-electron chi connectivity index (χ0n) is 14.5.